The maximum Gasteiger partial charge on any atom is 0.322 e. The highest BCUT2D eigenvalue weighted by Crippen LogP contribution is 2.10. The van der Waals surface area contributed by atoms with E-state index in [-0.39, 0.29) is 51.9 Å². The highest BCUT2D eigenvalue weighted by molar-refractivity contribution is 5.96. The molecule has 5 atom stereocenters. The molecule has 0 rings (SSSR count). The number of unbranched alkanes of at least 4 members (excludes halogenated alkanes) is 5. The van der Waals surface area contributed by atoms with Crippen LogP contribution in [0.3, 0.4) is 0 Å². The van der Waals surface area contributed by atoms with Crippen molar-refractivity contribution in [2.45, 2.75) is 127 Å². The van der Waals surface area contributed by atoms with Gasteiger partial charge in [0.15, 0.2) is 0 Å². The van der Waals surface area contributed by atoms with Crippen molar-refractivity contribution in [2.24, 2.45) is 28.7 Å². The van der Waals surface area contributed by atoms with Gasteiger partial charge in [0.25, 0.3) is 0 Å². The lowest BCUT2D eigenvalue weighted by atomic mass is 10.0. The van der Waals surface area contributed by atoms with E-state index in [0.29, 0.717) is 117 Å². The fourth-order valence-electron chi connectivity index (χ4n) is 6.20. The van der Waals surface area contributed by atoms with Crippen LogP contribution in [0.25, 0.3) is 0 Å². The number of carbonyl (C=O) groups is 7. The first-order valence-corrected chi connectivity index (χ1v) is 22.8. The molecule has 23 nitrogen and oxygen atoms in total. The van der Waals surface area contributed by atoms with Crippen molar-refractivity contribution >= 4 is 41.4 Å². The highest BCUT2D eigenvalue weighted by atomic mass is 16.5. The maximum absolute atomic E-state index is 14.0. The molecule has 372 valence electrons. The fraction of sp³-hybridized carbons (Fsp3) is 0.829. The zero-order chi connectivity index (χ0) is 47.8. The molecule has 0 radical (unpaired) electrons. The van der Waals surface area contributed by atoms with Crippen molar-refractivity contribution < 1.29 is 52.9 Å². The van der Waals surface area contributed by atoms with Gasteiger partial charge in [0.1, 0.15) is 43.4 Å². The molecule has 0 saturated carbocycles. The quantitative estimate of drug-likeness (QED) is 0.0264. The van der Waals surface area contributed by atoms with Crippen molar-refractivity contribution in [3.05, 3.63) is 0 Å². The Bertz CT molecular complexity index is 1300. The van der Waals surface area contributed by atoms with Crippen LogP contribution in [0.4, 0.5) is 0 Å². The van der Waals surface area contributed by atoms with E-state index >= 15 is 0 Å². The van der Waals surface area contributed by atoms with Crippen LogP contribution in [0.2, 0.25) is 0 Å². The summed E-state index contributed by atoms with van der Waals surface area (Å²) < 4.78 is 16.3. The zero-order valence-corrected chi connectivity index (χ0v) is 38.1. The van der Waals surface area contributed by atoms with Gasteiger partial charge in [-0.15, -0.1) is 0 Å². The topological polar surface area (TPSA) is 382 Å². The van der Waals surface area contributed by atoms with E-state index in [1.165, 1.54) is 0 Å². The van der Waals surface area contributed by atoms with Gasteiger partial charge in [-0.05, 0) is 136 Å². The molecule has 0 aromatic carbocycles. The van der Waals surface area contributed by atoms with E-state index in [1.807, 2.05) is 7.05 Å². The first kappa shape index (κ1) is 59.9. The van der Waals surface area contributed by atoms with Crippen molar-refractivity contribution in [1.29, 1.82) is 0 Å². The Labute approximate surface area is 378 Å². The summed E-state index contributed by atoms with van der Waals surface area (Å²) in [4.78, 5) is 92.5. The number of amides is 6. The third-order valence-electron chi connectivity index (χ3n) is 9.81. The first-order valence-electron chi connectivity index (χ1n) is 22.8. The van der Waals surface area contributed by atoms with Gasteiger partial charge in [-0.25, -0.2) is 0 Å². The normalized spacial score (nSPS) is 13.5. The van der Waals surface area contributed by atoms with Crippen molar-refractivity contribution in [2.75, 3.05) is 92.5 Å². The number of hydrogen-bond acceptors (Lipinski definition) is 16. The molecular weight excluding hydrogens is 837 g/mol. The van der Waals surface area contributed by atoms with Crippen molar-refractivity contribution in [3.8, 4) is 0 Å². The first-order chi connectivity index (χ1) is 30.9. The Morgan fingerprint density at radius 3 is 1.08 bits per heavy atom. The molecule has 18 N–H and O–H groups in total. The number of nitrogens with one attached hydrogen (secondary N) is 7. The third-order valence-corrected chi connectivity index (χ3v) is 9.81. The van der Waals surface area contributed by atoms with E-state index in [1.54, 1.807) is 0 Å². The average Bonchev–Trinajstić information content (AvgIpc) is 3.27. The number of carboxylic acid groups (broad SMARTS) is 1. The molecule has 0 aliphatic heterocycles. The van der Waals surface area contributed by atoms with Crippen molar-refractivity contribution in [3.63, 3.8) is 0 Å². The predicted molar refractivity (Wildman–Crippen MR) is 241 cm³/mol. The lowest BCUT2D eigenvalue weighted by Gasteiger charge is -2.27. The molecule has 0 heterocycles. The van der Waals surface area contributed by atoms with Crippen LogP contribution in [-0.4, -0.2) is 169 Å². The molecule has 2 unspecified atom stereocenters. The summed E-state index contributed by atoms with van der Waals surface area (Å²) in [6, 6.07) is -5.58. The standard InChI is InChI=1S/C41H82N12O11/c1-47-22-23-62-24-25-63-26-27-64-29-35(54)49-31(13-3-8-18-43)38(58)51-33(15-5-10-20-45)40(60)53-34(16-6-11-21-46)41(61)52-32(14-4-9-19-44)39(59)50-30(12-2-7-17-42)37(57)48-28-36(55)56/h30-34,47H,2-29,42-46H2,1H3,(H,48,57)(H,49,54)(H,50,59)(H,51,58)(H,52,61)(H,53,60)(H,55,56)/t30-,31-,32?,33?,34-/m0/s1. The Morgan fingerprint density at radius 1 is 0.438 bits per heavy atom. The molecule has 0 fully saturated rings. The van der Waals surface area contributed by atoms with Gasteiger partial charge in [-0.3, -0.25) is 33.6 Å². The Hall–Kier alpha value is -4.07. The Kier molecular flexibility index (Phi) is 37.9. The summed E-state index contributed by atoms with van der Waals surface area (Å²) in [6.45, 7) is 3.16. The largest absolute Gasteiger partial charge is 0.480 e. The van der Waals surface area contributed by atoms with Gasteiger partial charge < -0.3 is 85.2 Å². The van der Waals surface area contributed by atoms with Crippen LogP contribution in [-0.2, 0) is 47.8 Å². The highest BCUT2D eigenvalue weighted by Gasteiger charge is 2.32. The minimum atomic E-state index is -1.26. The van der Waals surface area contributed by atoms with E-state index in [2.05, 4.69) is 37.2 Å². The number of nitrogens with two attached hydrogens (primary N) is 5. The summed E-state index contributed by atoms with van der Waals surface area (Å²) in [5.74, 6) is -5.16. The lowest BCUT2D eigenvalue weighted by Crippen LogP contribution is -2.59. The van der Waals surface area contributed by atoms with Gasteiger partial charge in [-0.1, -0.05) is 0 Å². The molecule has 0 aliphatic rings. The van der Waals surface area contributed by atoms with Crippen LogP contribution >= 0.6 is 0 Å². The van der Waals surface area contributed by atoms with E-state index < -0.39 is 78.2 Å². The van der Waals surface area contributed by atoms with Crippen LogP contribution < -0.4 is 65.9 Å². The summed E-state index contributed by atoms with van der Waals surface area (Å²) in [6.07, 6.45) is 5.89. The van der Waals surface area contributed by atoms with Gasteiger partial charge >= 0.3 is 5.97 Å². The minimum absolute atomic E-state index is 0.137. The van der Waals surface area contributed by atoms with Crippen LogP contribution in [0.1, 0.15) is 96.3 Å². The Balaban J connectivity index is 6.10. The van der Waals surface area contributed by atoms with Crippen molar-refractivity contribution in [1.82, 2.24) is 37.2 Å². The molecule has 0 aliphatic carbocycles. The number of hydrogen-bond donors (Lipinski definition) is 13. The SMILES string of the molecule is CNCCOCCOCCOCC(=O)N[C@@H](CCCCN)C(=O)NC(CCCCN)C(=O)N[C@@H](CCCCN)C(=O)NC(CCCCN)C(=O)N[C@@H](CCCCN)C(=O)NCC(=O)O. The van der Waals surface area contributed by atoms with E-state index in [4.69, 9.17) is 48.0 Å². The molecule has 0 bridgehead atoms. The number of carboxylic acids is 1. The summed E-state index contributed by atoms with van der Waals surface area (Å²) in [7, 11) is 1.83. The number of likely N-dealkylation sites (N-methyl/N-ethyl adjacent to an activating group) is 1. The number of aliphatic carboxylic acids is 1. The van der Waals surface area contributed by atoms with Gasteiger partial charge in [0.05, 0.1) is 33.0 Å². The molecule has 23 heteroatoms. The van der Waals surface area contributed by atoms with Gasteiger partial charge in [0.2, 0.25) is 35.4 Å². The van der Waals surface area contributed by atoms with Crippen LogP contribution in [0.5, 0.6) is 0 Å². The summed E-state index contributed by atoms with van der Waals surface area (Å²) in [5.41, 5.74) is 28.5. The molecule has 0 spiro atoms. The summed E-state index contributed by atoms with van der Waals surface area (Å²) in [5, 5.41) is 28.0. The van der Waals surface area contributed by atoms with Gasteiger partial charge in [0, 0.05) is 6.54 Å². The molecule has 0 aromatic rings. The lowest BCUT2D eigenvalue weighted by molar-refractivity contribution is -0.138. The zero-order valence-electron chi connectivity index (χ0n) is 38.1. The number of ether oxygens (including phenoxy) is 3. The van der Waals surface area contributed by atoms with Gasteiger partial charge in [-0.2, -0.15) is 0 Å². The predicted octanol–water partition coefficient (Wildman–Crippen LogP) is -3.47. The second kappa shape index (κ2) is 40.4. The number of rotatable bonds is 43. The van der Waals surface area contributed by atoms with Crippen LogP contribution in [0, 0.1) is 0 Å². The Morgan fingerprint density at radius 2 is 0.750 bits per heavy atom. The summed E-state index contributed by atoms with van der Waals surface area (Å²) >= 11 is 0. The monoisotopic (exact) mass is 919 g/mol. The molecule has 0 saturated heterocycles. The third kappa shape index (κ3) is 30.9. The van der Waals surface area contributed by atoms with Crippen LogP contribution in [0.15, 0.2) is 0 Å². The van der Waals surface area contributed by atoms with E-state index in [9.17, 15) is 33.6 Å². The fourth-order valence-corrected chi connectivity index (χ4v) is 6.20. The molecular formula is C41H82N12O11. The number of carbonyl (C=O) groups excluding carboxylic acids is 6. The second-order valence-electron chi connectivity index (χ2n) is 15.3. The van der Waals surface area contributed by atoms with E-state index in [0.717, 1.165) is 6.54 Å². The molecule has 0 aromatic heterocycles. The molecule has 64 heavy (non-hydrogen) atoms. The minimum Gasteiger partial charge on any atom is -0.480 e. The maximum atomic E-state index is 14.0. The molecule has 6 amide bonds. The second-order valence-corrected chi connectivity index (χ2v) is 15.3. The average molecular weight is 919 g/mol. The smallest absolute Gasteiger partial charge is 0.322 e.